The van der Waals surface area contributed by atoms with Gasteiger partial charge in [-0.15, -0.1) is 0 Å². The molecule has 0 saturated carbocycles. The molecule has 0 aliphatic rings. The molecular formula is C8H7ClN4O2S2. The average Bonchev–Trinajstić information content (AvgIpc) is 2.58. The van der Waals surface area contributed by atoms with E-state index in [2.05, 4.69) is 14.7 Å². The molecule has 9 heteroatoms. The fraction of sp³-hybridized carbons (Fsp3) is 0. The molecule has 2 heterocycles. The van der Waals surface area contributed by atoms with Gasteiger partial charge in [0, 0.05) is 6.20 Å². The number of nitrogens with one attached hydrogen (secondary N) is 1. The highest BCUT2D eigenvalue weighted by Gasteiger charge is 2.18. The number of rotatable bonds is 3. The number of anilines is 2. The van der Waals surface area contributed by atoms with Crippen molar-refractivity contribution in [2.45, 2.75) is 5.03 Å². The normalized spacial score (nSPS) is 11.4. The number of thiazole rings is 1. The number of pyridine rings is 1. The van der Waals surface area contributed by atoms with Gasteiger partial charge in [-0.2, -0.15) is 8.42 Å². The van der Waals surface area contributed by atoms with Crippen LogP contribution in [0.3, 0.4) is 0 Å². The predicted octanol–water partition coefficient (Wildman–Crippen LogP) is 1.57. The van der Waals surface area contributed by atoms with Crippen LogP contribution in [0.5, 0.6) is 0 Å². The molecule has 0 fully saturated rings. The van der Waals surface area contributed by atoms with Crippen molar-refractivity contribution in [3.63, 3.8) is 0 Å². The maximum absolute atomic E-state index is 11.8. The summed E-state index contributed by atoms with van der Waals surface area (Å²) in [7, 11) is -3.74. The van der Waals surface area contributed by atoms with Crippen LogP contribution in [0.1, 0.15) is 0 Å². The first-order chi connectivity index (χ1) is 7.99. The number of aromatic nitrogens is 2. The van der Waals surface area contributed by atoms with Gasteiger partial charge in [-0.3, -0.25) is 4.72 Å². The van der Waals surface area contributed by atoms with Crippen LogP contribution in [0.15, 0.2) is 29.4 Å². The Morgan fingerprint density at radius 2 is 2.18 bits per heavy atom. The second-order valence-corrected chi connectivity index (χ2v) is 5.97. The number of sulfonamides is 1. The molecule has 17 heavy (non-hydrogen) atoms. The molecule has 0 aromatic carbocycles. The summed E-state index contributed by atoms with van der Waals surface area (Å²) in [5.74, 6) is 0. The van der Waals surface area contributed by atoms with Gasteiger partial charge in [0.2, 0.25) is 0 Å². The molecule has 0 amide bonds. The smallest absolute Gasteiger partial charge is 0.281 e. The zero-order chi connectivity index (χ0) is 12.5. The number of nitrogens with two attached hydrogens (primary N) is 1. The summed E-state index contributed by atoms with van der Waals surface area (Å²) < 4.78 is 25.9. The zero-order valence-electron chi connectivity index (χ0n) is 8.29. The topological polar surface area (TPSA) is 98.0 Å². The lowest BCUT2D eigenvalue weighted by Gasteiger charge is -2.02. The summed E-state index contributed by atoms with van der Waals surface area (Å²) in [6, 6.07) is 4.57. The number of halogens is 1. The van der Waals surface area contributed by atoms with Crippen molar-refractivity contribution in [1.29, 1.82) is 0 Å². The second-order valence-electron chi connectivity index (χ2n) is 2.95. The number of nitrogen functional groups attached to an aromatic ring is 1. The second kappa shape index (κ2) is 4.47. The molecule has 0 bridgehead atoms. The van der Waals surface area contributed by atoms with E-state index in [0.29, 0.717) is 0 Å². The van der Waals surface area contributed by atoms with Crippen LogP contribution in [0, 0.1) is 0 Å². The van der Waals surface area contributed by atoms with Crippen molar-refractivity contribution in [1.82, 2.24) is 9.97 Å². The SMILES string of the molecule is Nc1sc(NS(=O)(=O)c2ccccn2)nc1Cl. The molecule has 2 rings (SSSR count). The molecular weight excluding hydrogens is 284 g/mol. The Bertz CT molecular complexity index is 607. The molecule has 0 atom stereocenters. The van der Waals surface area contributed by atoms with Crippen LogP contribution < -0.4 is 10.5 Å². The molecule has 0 saturated heterocycles. The molecule has 0 aliphatic carbocycles. The highest BCUT2D eigenvalue weighted by atomic mass is 35.5. The highest BCUT2D eigenvalue weighted by molar-refractivity contribution is 7.92. The van der Waals surface area contributed by atoms with Gasteiger partial charge in [-0.05, 0) is 12.1 Å². The van der Waals surface area contributed by atoms with Gasteiger partial charge in [0.1, 0.15) is 5.00 Å². The van der Waals surface area contributed by atoms with Crippen LogP contribution in [0.25, 0.3) is 0 Å². The molecule has 6 nitrogen and oxygen atoms in total. The van der Waals surface area contributed by atoms with E-state index in [1.165, 1.54) is 12.3 Å². The molecule has 90 valence electrons. The number of hydrogen-bond acceptors (Lipinski definition) is 6. The van der Waals surface area contributed by atoms with Crippen molar-refractivity contribution >= 4 is 43.1 Å². The number of hydrogen-bond donors (Lipinski definition) is 2. The maximum atomic E-state index is 11.8. The lowest BCUT2D eigenvalue weighted by molar-refractivity contribution is 0.597. The van der Waals surface area contributed by atoms with E-state index in [0.717, 1.165) is 11.3 Å². The first kappa shape index (κ1) is 12.1. The first-order valence-corrected chi connectivity index (χ1v) is 7.02. The standard InChI is InChI=1S/C8H7ClN4O2S2/c9-6-7(10)16-8(12-6)13-17(14,15)5-3-1-2-4-11-5/h1-4H,10H2,(H,12,13). The van der Waals surface area contributed by atoms with Crippen LogP contribution in [-0.4, -0.2) is 18.4 Å². The first-order valence-electron chi connectivity index (χ1n) is 4.35. The molecule has 0 aliphatic heterocycles. The van der Waals surface area contributed by atoms with E-state index in [-0.39, 0.29) is 20.3 Å². The highest BCUT2D eigenvalue weighted by Crippen LogP contribution is 2.30. The Balaban J connectivity index is 2.30. The van der Waals surface area contributed by atoms with E-state index in [4.69, 9.17) is 17.3 Å². The third-order valence-corrected chi connectivity index (χ3v) is 4.33. The minimum atomic E-state index is -3.74. The summed E-state index contributed by atoms with van der Waals surface area (Å²) in [6.45, 7) is 0. The summed E-state index contributed by atoms with van der Waals surface area (Å²) in [4.78, 5) is 7.50. The van der Waals surface area contributed by atoms with E-state index < -0.39 is 10.0 Å². The Morgan fingerprint density at radius 1 is 1.41 bits per heavy atom. The predicted molar refractivity (Wildman–Crippen MR) is 66.6 cm³/mol. The van der Waals surface area contributed by atoms with Gasteiger partial charge < -0.3 is 5.73 Å². The van der Waals surface area contributed by atoms with Crippen LogP contribution in [0.2, 0.25) is 5.15 Å². The Morgan fingerprint density at radius 3 is 2.71 bits per heavy atom. The molecule has 0 spiro atoms. The lowest BCUT2D eigenvalue weighted by atomic mass is 10.5. The molecule has 2 aromatic rings. The molecule has 0 unspecified atom stereocenters. The maximum Gasteiger partial charge on any atom is 0.281 e. The lowest BCUT2D eigenvalue weighted by Crippen LogP contribution is -2.13. The largest absolute Gasteiger partial charge is 0.388 e. The van der Waals surface area contributed by atoms with Crippen LogP contribution in [-0.2, 0) is 10.0 Å². The van der Waals surface area contributed by atoms with Gasteiger partial charge >= 0.3 is 0 Å². The van der Waals surface area contributed by atoms with Gasteiger partial charge in [0.25, 0.3) is 10.0 Å². The van der Waals surface area contributed by atoms with E-state index in [9.17, 15) is 8.42 Å². The minimum Gasteiger partial charge on any atom is -0.388 e. The minimum absolute atomic E-state index is 0.0775. The third-order valence-electron chi connectivity index (χ3n) is 1.74. The van der Waals surface area contributed by atoms with E-state index >= 15 is 0 Å². The molecule has 3 N–H and O–H groups in total. The van der Waals surface area contributed by atoms with E-state index in [1.54, 1.807) is 12.1 Å². The van der Waals surface area contributed by atoms with Crippen molar-refractivity contribution in [2.75, 3.05) is 10.5 Å². The van der Waals surface area contributed by atoms with Crippen LogP contribution >= 0.6 is 22.9 Å². The quantitative estimate of drug-likeness (QED) is 0.894. The number of nitrogens with zero attached hydrogens (tertiary/aromatic N) is 2. The Hall–Kier alpha value is -1.38. The average molecular weight is 291 g/mol. The third kappa shape index (κ3) is 2.65. The summed E-state index contributed by atoms with van der Waals surface area (Å²) >= 11 is 6.58. The molecule has 2 aromatic heterocycles. The summed E-state index contributed by atoms with van der Waals surface area (Å²) in [5.41, 5.74) is 5.47. The zero-order valence-corrected chi connectivity index (χ0v) is 10.7. The van der Waals surface area contributed by atoms with Crippen molar-refractivity contribution in [3.05, 3.63) is 29.5 Å². The van der Waals surface area contributed by atoms with Crippen molar-refractivity contribution < 1.29 is 8.42 Å². The molecule has 0 radical (unpaired) electrons. The summed E-state index contributed by atoms with van der Waals surface area (Å²) in [6.07, 6.45) is 1.39. The van der Waals surface area contributed by atoms with Crippen molar-refractivity contribution in [2.24, 2.45) is 0 Å². The fourth-order valence-electron chi connectivity index (χ4n) is 1.03. The van der Waals surface area contributed by atoms with Gasteiger partial charge in [-0.25, -0.2) is 9.97 Å². The van der Waals surface area contributed by atoms with Crippen molar-refractivity contribution in [3.8, 4) is 0 Å². The Labute approximate surface area is 107 Å². The van der Waals surface area contributed by atoms with E-state index in [1.807, 2.05) is 0 Å². The fourth-order valence-corrected chi connectivity index (χ4v) is 3.09. The van der Waals surface area contributed by atoms with Gasteiger partial charge in [0.15, 0.2) is 15.3 Å². The summed E-state index contributed by atoms with van der Waals surface area (Å²) in [5, 5.41) is 0.349. The monoisotopic (exact) mass is 290 g/mol. The van der Waals surface area contributed by atoms with Gasteiger partial charge in [0.05, 0.1) is 0 Å². The van der Waals surface area contributed by atoms with Crippen LogP contribution in [0.4, 0.5) is 10.1 Å². The van der Waals surface area contributed by atoms with Gasteiger partial charge in [-0.1, -0.05) is 29.0 Å². The Kier molecular flexibility index (Phi) is 3.18.